The van der Waals surface area contributed by atoms with E-state index in [9.17, 15) is 9.59 Å². The fourth-order valence-corrected chi connectivity index (χ4v) is 4.73. The van der Waals surface area contributed by atoms with Crippen LogP contribution in [0.2, 0.25) is 0 Å². The SMILES string of the molecule is Cc1cccnc1N(C(=O)c1ccc(-c2cnn(C)c2-c2nnn([C@@H](C)OC(=O)O)n2)cc1)[C@@H]1CCCNC1. The number of benzene rings is 1. The van der Waals surface area contributed by atoms with E-state index in [1.165, 1.54) is 6.92 Å². The Morgan fingerprint density at radius 1 is 1.23 bits per heavy atom. The summed E-state index contributed by atoms with van der Waals surface area (Å²) in [4.78, 5) is 32.1. The lowest BCUT2D eigenvalue weighted by molar-refractivity contribution is 0.0139. The van der Waals surface area contributed by atoms with Crippen LogP contribution < -0.4 is 10.2 Å². The molecular weight excluding hydrogens is 502 g/mol. The Kier molecular flexibility index (Phi) is 7.32. The maximum atomic E-state index is 13.8. The predicted molar refractivity (Wildman–Crippen MR) is 141 cm³/mol. The number of aromatic nitrogens is 7. The minimum absolute atomic E-state index is 0.00522. The molecule has 0 radical (unpaired) electrons. The van der Waals surface area contributed by atoms with E-state index < -0.39 is 12.4 Å². The lowest BCUT2D eigenvalue weighted by atomic mass is 10.0. The zero-order valence-electron chi connectivity index (χ0n) is 21.9. The Morgan fingerprint density at radius 2 is 2.03 bits per heavy atom. The molecule has 202 valence electrons. The molecule has 1 aromatic carbocycles. The molecule has 1 fully saturated rings. The normalized spacial score (nSPS) is 16.0. The van der Waals surface area contributed by atoms with Crippen LogP contribution in [0.4, 0.5) is 10.6 Å². The van der Waals surface area contributed by atoms with E-state index in [1.807, 2.05) is 36.1 Å². The molecule has 1 saturated heterocycles. The van der Waals surface area contributed by atoms with Crippen LogP contribution in [0.5, 0.6) is 0 Å². The maximum Gasteiger partial charge on any atom is 0.507 e. The Balaban J connectivity index is 1.44. The van der Waals surface area contributed by atoms with Crippen LogP contribution in [0.3, 0.4) is 0 Å². The van der Waals surface area contributed by atoms with Crippen molar-refractivity contribution in [3.8, 4) is 22.6 Å². The molecule has 13 heteroatoms. The highest BCUT2D eigenvalue weighted by atomic mass is 16.7. The molecule has 5 rings (SSSR count). The molecule has 39 heavy (non-hydrogen) atoms. The van der Waals surface area contributed by atoms with Gasteiger partial charge < -0.3 is 15.2 Å². The highest BCUT2D eigenvalue weighted by Gasteiger charge is 2.30. The van der Waals surface area contributed by atoms with E-state index in [0.29, 0.717) is 23.6 Å². The number of piperidine rings is 1. The van der Waals surface area contributed by atoms with Crippen molar-refractivity contribution in [3.63, 3.8) is 0 Å². The number of carbonyl (C=O) groups is 2. The number of pyridine rings is 1. The predicted octanol–water partition coefficient (Wildman–Crippen LogP) is 3.06. The van der Waals surface area contributed by atoms with Gasteiger partial charge in [-0.3, -0.25) is 14.4 Å². The van der Waals surface area contributed by atoms with E-state index in [2.05, 4.69) is 30.8 Å². The van der Waals surface area contributed by atoms with Gasteiger partial charge in [0.15, 0.2) is 0 Å². The minimum Gasteiger partial charge on any atom is -0.450 e. The smallest absolute Gasteiger partial charge is 0.450 e. The van der Waals surface area contributed by atoms with Crippen LogP contribution in [0.1, 0.15) is 41.9 Å². The highest BCUT2D eigenvalue weighted by molar-refractivity contribution is 6.06. The van der Waals surface area contributed by atoms with Gasteiger partial charge >= 0.3 is 6.16 Å². The fraction of sp³-hybridized carbons (Fsp3) is 0.346. The lowest BCUT2D eigenvalue weighted by Crippen LogP contribution is -2.49. The van der Waals surface area contributed by atoms with Crippen LogP contribution in [0.25, 0.3) is 22.6 Å². The van der Waals surface area contributed by atoms with E-state index in [-0.39, 0.29) is 17.8 Å². The van der Waals surface area contributed by atoms with Crippen molar-refractivity contribution in [2.45, 2.75) is 39.0 Å². The molecular formula is C26H29N9O4. The van der Waals surface area contributed by atoms with Crippen molar-refractivity contribution >= 4 is 17.9 Å². The molecule has 0 spiro atoms. The third kappa shape index (κ3) is 5.34. The number of anilines is 1. The Labute approximate surface area is 224 Å². The summed E-state index contributed by atoms with van der Waals surface area (Å²) in [6.45, 7) is 5.11. The summed E-state index contributed by atoms with van der Waals surface area (Å²) in [7, 11) is 1.75. The first kappa shape index (κ1) is 26.0. The summed E-state index contributed by atoms with van der Waals surface area (Å²) in [6, 6.07) is 11.1. The van der Waals surface area contributed by atoms with Crippen molar-refractivity contribution in [3.05, 3.63) is 59.9 Å². The van der Waals surface area contributed by atoms with Crippen LogP contribution in [0, 0.1) is 6.92 Å². The average Bonchev–Trinajstić information content (AvgIpc) is 3.57. The van der Waals surface area contributed by atoms with Gasteiger partial charge in [0.25, 0.3) is 5.91 Å². The van der Waals surface area contributed by atoms with Gasteiger partial charge in [-0.1, -0.05) is 18.2 Å². The van der Waals surface area contributed by atoms with Gasteiger partial charge in [0.05, 0.1) is 12.2 Å². The van der Waals surface area contributed by atoms with Gasteiger partial charge in [-0.25, -0.2) is 9.78 Å². The number of rotatable bonds is 7. The number of tetrazole rings is 1. The number of amides is 1. The lowest BCUT2D eigenvalue weighted by Gasteiger charge is -2.34. The van der Waals surface area contributed by atoms with Gasteiger partial charge in [-0.2, -0.15) is 5.10 Å². The zero-order chi connectivity index (χ0) is 27.5. The molecule has 0 aliphatic carbocycles. The monoisotopic (exact) mass is 531 g/mol. The number of aryl methyl sites for hydroxylation is 2. The molecule has 4 heterocycles. The number of nitrogens with one attached hydrogen (secondary N) is 1. The number of nitrogens with zero attached hydrogens (tertiary/aromatic N) is 8. The standard InChI is InChI=1S/C26H29N9O4/c1-16-6-4-13-28-24(16)34(20-7-5-12-27-14-20)25(36)19-10-8-18(9-11-19)21-15-29-33(3)22(21)23-30-32-35(31-23)17(2)39-26(37)38/h4,6,8-11,13,15,17,20,27H,5,7,12,14H2,1-3H3,(H,37,38)/t17-,20-/m1/s1. The second kappa shape index (κ2) is 11.0. The molecule has 1 aliphatic heterocycles. The first-order valence-corrected chi connectivity index (χ1v) is 12.6. The van der Waals surface area contributed by atoms with Gasteiger partial charge in [-0.05, 0) is 67.8 Å². The molecule has 0 unspecified atom stereocenters. The van der Waals surface area contributed by atoms with Crippen molar-refractivity contribution in [1.82, 2.24) is 40.3 Å². The van der Waals surface area contributed by atoms with Gasteiger partial charge in [-0.15, -0.1) is 15.0 Å². The van der Waals surface area contributed by atoms with Crippen molar-refractivity contribution in [1.29, 1.82) is 0 Å². The molecule has 0 saturated carbocycles. The Bertz CT molecular complexity index is 1470. The van der Waals surface area contributed by atoms with Gasteiger partial charge in [0, 0.05) is 30.9 Å². The van der Waals surface area contributed by atoms with E-state index >= 15 is 0 Å². The molecule has 3 aromatic heterocycles. The summed E-state index contributed by atoms with van der Waals surface area (Å²) >= 11 is 0. The number of hydrogen-bond donors (Lipinski definition) is 2. The zero-order valence-corrected chi connectivity index (χ0v) is 21.9. The van der Waals surface area contributed by atoms with Crippen molar-refractivity contribution in [2.75, 3.05) is 18.0 Å². The second-order valence-electron chi connectivity index (χ2n) is 9.34. The number of carbonyl (C=O) groups excluding carboxylic acids is 1. The van der Waals surface area contributed by atoms with E-state index in [4.69, 9.17) is 9.84 Å². The van der Waals surface area contributed by atoms with Crippen molar-refractivity contribution in [2.24, 2.45) is 7.05 Å². The second-order valence-corrected chi connectivity index (χ2v) is 9.34. The molecule has 1 aliphatic rings. The summed E-state index contributed by atoms with van der Waals surface area (Å²) in [5.74, 6) is 0.818. The van der Waals surface area contributed by atoms with E-state index in [1.54, 1.807) is 36.3 Å². The van der Waals surface area contributed by atoms with Crippen LogP contribution in [0.15, 0.2) is 48.8 Å². The summed E-state index contributed by atoms with van der Waals surface area (Å²) in [5, 5.41) is 28.9. The van der Waals surface area contributed by atoms with Gasteiger partial charge in [0.2, 0.25) is 12.1 Å². The van der Waals surface area contributed by atoms with Crippen LogP contribution >= 0.6 is 0 Å². The fourth-order valence-electron chi connectivity index (χ4n) is 4.73. The number of hydrogen-bond acceptors (Lipinski definition) is 9. The molecule has 4 aromatic rings. The highest BCUT2D eigenvalue weighted by Crippen LogP contribution is 2.31. The molecule has 0 bridgehead atoms. The summed E-state index contributed by atoms with van der Waals surface area (Å²) in [5.41, 5.74) is 3.61. The summed E-state index contributed by atoms with van der Waals surface area (Å²) < 4.78 is 6.31. The maximum absolute atomic E-state index is 13.8. The third-order valence-electron chi connectivity index (χ3n) is 6.68. The first-order valence-electron chi connectivity index (χ1n) is 12.6. The molecule has 2 N–H and O–H groups in total. The topological polar surface area (TPSA) is 153 Å². The Morgan fingerprint density at radius 3 is 2.72 bits per heavy atom. The van der Waals surface area contributed by atoms with Crippen LogP contribution in [-0.4, -0.2) is 71.3 Å². The number of ether oxygens (including phenoxy) is 1. The van der Waals surface area contributed by atoms with Gasteiger partial charge in [0.1, 0.15) is 11.5 Å². The minimum atomic E-state index is -1.44. The quantitative estimate of drug-likeness (QED) is 0.340. The molecule has 1 amide bonds. The molecule has 13 nitrogen and oxygen atoms in total. The van der Waals surface area contributed by atoms with Crippen LogP contribution in [-0.2, 0) is 11.8 Å². The van der Waals surface area contributed by atoms with Crippen molar-refractivity contribution < 1.29 is 19.4 Å². The summed E-state index contributed by atoms with van der Waals surface area (Å²) in [6.07, 6.45) is 2.90. The Hall–Kier alpha value is -4.65. The molecule has 2 atom stereocenters. The number of carboxylic acid groups (broad SMARTS) is 1. The first-order chi connectivity index (χ1) is 18.8. The van der Waals surface area contributed by atoms with E-state index in [0.717, 1.165) is 40.9 Å². The largest absolute Gasteiger partial charge is 0.507 e. The third-order valence-corrected chi connectivity index (χ3v) is 6.68. The average molecular weight is 532 g/mol.